The fraction of sp³-hybridized carbons (Fsp3) is 0.556. The summed E-state index contributed by atoms with van der Waals surface area (Å²) in [5.74, 6) is -1.26. The Bertz CT molecular complexity index is 1460. The maximum atomic E-state index is 15.5. The first kappa shape index (κ1) is 28.7. The molecule has 0 saturated carbocycles. The van der Waals surface area contributed by atoms with E-state index in [1.54, 1.807) is 41.5 Å². The number of halogens is 1. The highest BCUT2D eigenvalue weighted by Crippen LogP contribution is 2.48. The number of ether oxygens (including phenoxy) is 2. The number of nitrogens with zero attached hydrogens (tertiary/aromatic N) is 5. The second-order valence-electron chi connectivity index (χ2n) is 11.4. The Labute approximate surface area is 228 Å². The summed E-state index contributed by atoms with van der Waals surface area (Å²) in [6.07, 6.45) is 2.69. The molecule has 3 atom stereocenters. The number of hydrogen-bond donors (Lipinski definition) is 0. The van der Waals surface area contributed by atoms with Crippen LogP contribution in [0.15, 0.2) is 33.9 Å². The average Bonchev–Trinajstić information content (AvgIpc) is 3.27. The number of methoxy groups -OCH3 is 1. The summed E-state index contributed by atoms with van der Waals surface area (Å²) in [7, 11) is -1.54. The molecule has 2 aliphatic heterocycles. The quantitative estimate of drug-likeness (QED) is 0.369. The van der Waals surface area contributed by atoms with E-state index >= 15 is 4.39 Å². The summed E-state index contributed by atoms with van der Waals surface area (Å²) in [6.45, 7) is 10.8. The normalized spacial score (nSPS) is 25.7. The smallest absolute Gasteiger partial charge is 0.312 e. The lowest BCUT2D eigenvalue weighted by molar-refractivity contribution is -0.153. The van der Waals surface area contributed by atoms with Gasteiger partial charge in [-0.1, -0.05) is 0 Å². The highest BCUT2D eigenvalue weighted by molar-refractivity contribution is 7.96. The third-order valence-corrected chi connectivity index (χ3v) is 10.8. The first-order valence-corrected chi connectivity index (χ1v) is 14.3. The monoisotopic (exact) mass is 559 g/mol. The molecule has 2 aliphatic rings. The zero-order valence-electron chi connectivity index (χ0n) is 23.3. The standard InChI is InChI=1S/C27H34FN5O5S/c1-25(2,3)38-23(35)13-20-26(4,5)39(36)21(10-11-31-39)27(6,33-20)24-17(28)9-8-16(32-24)12-19(34)18-14-30-22(37-7)15-29-18/h8-9,14-15,21H,10-13H2,1-7H3/t21-,27+,39+/m1/s1. The van der Waals surface area contributed by atoms with Gasteiger partial charge in [0.15, 0.2) is 5.78 Å². The Hall–Kier alpha value is -3.28. The number of rotatable bonds is 7. The molecule has 0 fully saturated rings. The van der Waals surface area contributed by atoms with Gasteiger partial charge in [-0.3, -0.25) is 19.6 Å². The van der Waals surface area contributed by atoms with Crippen LogP contribution in [0, 0.1) is 5.82 Å². The van der Waals surface area contributed by atoms with Crippen LogP contribution in [-0.2, 0) is 31.2 Å². The van der Waals surface area contributed by atoms with Gasteiger partial charge in [-0.25, -0.2) is 22.9 Å². The van der Waals surface area contributed by atoms with Crippen molar-refractivity contribution in [1.82, 2.24) is 15.0 Å². The van der Waals surface area contributed by atoms with Gasteiger partial charge in [0.1, 0.15) is 28.3 Å². The van der Waals surface area contributed by atoms with E-state index in [4.69, 9.17) is 14.5 Å². The molecule has 4 heterocycles. The Kier molecular flexibility index (Phi) is 7.39. The van der Waals surface area contributed by atoms with Crippen molar-refractivity contribution in [1.29, 1.82) is 0 Å². The molecular formula is C27H34FN5O5S. The molecule has 10 nitrogen and oxygen atoms in total. The predicted octanol–water partition coefficient (Wildman–Crippen LogP) is 3.87. The summed E-state index contributed by atoms with van der Waals surface area (Å²) in [5.41, 5.74) is -1.41. The number of hydrogen-bond acceptors (Lipinski definition) is 10. The number of fused-ring (bicyclic) bond motifs is 1. The second kappa shape index (κ2) is 10.0. The van der Waals surface area contributed by atoms with E-state index in [9.17, 15) is 13.8 Å². The van der Waals surface area contributed by atoms with Crippen molar-refractivity contribution in [2.24, 2.45) is 9.36 Å². The number of ketones is 1. The SMILES string of the molecule is COc1cnc(C(=O)Cc2ccc(F)c([C@@]3(C)N=C(CC(=O)OC(C)(C)C)C(C)(C)[S@]4(=O)=NCC[C@H]34)n2)cn1. The summed E-state index contributed by atoms with van der Waals surface area (Å²) >= 11 is 0. The van der Waals surface area contributed by atoms with E-state index in [2.05, 4.69) is 19.3 Å². The Morgan fingerprint density at radius 2 is 1.85 bits per heavy atom. The van der Waals surface area contributed by atoms with Crippen LogP contribution < -0.4 is 4.74 Å². The van der Waals surface area contributed by atoms with Crippen LogP contribution in [0.3, 0.4) is 0 Å². The van der Waals surface area contributed by atoms with Gasteiger partial charge in [-0.15, -0.1) is 0 Å². The van der Waals surface area contributed by atoms with Crippen molar-refractivity contribution >= 4 is 27.2 Å². The van der Waals surface area contributed by atoms with Crippen LogP contribution in [0.5, 0.6) is 5.88 Å². The molecule has 39 heavy (non-hydrogen) atoms. The van der Waals surface area contributed by atoms with Gasteiger partial charge in [0.2, 0.25) is 5.88 Å². The first-order valence-electron chi connectivity index (χ1n) is 12.7. The number of carbonyl (C=O) groups is 2. The van der Waals surface area contributed by atoms with Crippen LogP contribution in [0.1, 0.15) is 76.3 Å². The van der Waals surface area contributed by atoms with Gasteiger partial charge in [0, 0.05) is 18.0 Å². The predicted molar refractivity (Wildman–Crippen MR) is 144 cm³/mol. The number of pyridine rings is 1. The van der Waals surface area contributed by atoms with E-state index in [0.717, 1.165) is 0 Å². The first-order chi connectivity index (χ1) is 18.1. The zero-order chi connectivity index (χ0) is 28.8. The van der Waals surface area contributed by atoms with Gasteiger partial charge in [-0.2, -0.15) is 0 Å². The van der Waals surface area contributed by atoms with Crippen molar-refractivity contribution in [2.45, 2.75) is 81.9 Å². The molecule has 4 rings (SSSR count). The number of Topliss-reactive ketones (excluding diaryl/α,β-unsaturated/α-hetero) is 1. The number of esters is 1. The largest absolute Gasteiger partial charge is 0.480 e. The van der Waals surface area contributed by atoms with Gasteiger partial charge >= 0.3 is 5.97 Å². The topological polar surface area (TPSA) is 133 Å². The van der Waals surface area contributed by atoms with E-state index < -0.39 is 42.7 Å². The van der Waals surface area contributed by atoms with Gasteiger partial charge < -0.3 is 9.47 Å². The summed E-state index contributed by atoms with van der Waals surface area (Å²) < 4.78 is 43.9. The van der Waals surface area contributed by atoms with Crippen molar-refractivity contribution in [3.05, 3.63) is 47.4 Å². The Morgan fingerprint density at radius 3 is 2.46 bits per heavy atom. The maximum Gasteiger partial charge on any atom is 0.312 e. The maximum absolute atomic E-state index is 15.5. The molecule has 0 unspecified atom stereocenters. The Morgan fingerprint density at radius 1 is 1.13 bits per heavy atom. The van der Waals surface area contributed by atoms with Crippen LogP contribution in [0.25, 0.3) is 0 Å². The van der Waals surface area contributed by atoms with Crippen molar-refractivity contribution in [3.8, 4) is 5.88 Å². The minimum atomic E-state index is -2.99. The van der Waals surface area contributed by atoms with E-state index in [1.807, 2.05) is 0 Å². The van der Waals surface area contributed by atoms with E-state index in [1.165, 1.54) is 31.6 Å². The van der Waals surface area contributed by atoms with E-state index in [-0.39, 0.29) is 35.9 Å². The minimum absolute atomic E-state index is 0.0411. The van der Waals surface area contributed by atoms with Crippen LogP contribution in [0.4, 0.5) is 4.39 Å². The van der Waals surface area contributed by atoms with Crippen molar-refractivity contribution in [2.75, 3.05) is 13.7 Å². The van der Waals surface area contributed by atoms with Crippen LogP contribution >= 0.6 is 0 Å². The molecule has 0 saturated heterocycles. The lowest BCUT2D eigenvalue weighted by atomic mass is 9.88. The summed E-state index contributed by atoms with van der Waals surface area (Å²) in [4.78, 5) is 43.2. The molecule has 210 valence electrons. The molecule has 0 amide bonds. The summed E-state index contributed by atoms with van der Waals surface area (Å²) in [5, 5.41) is -0.636. The summed E-state index contributed by atoms with van der Waals surface area (Å²) in [6, 6.07) is 2.65. The third-order valence-electron chi connectivity index (χ3n) is 7.06. The van der Waals surface area contributed by atoms with Gasteiger partial charge in [0.05, 0.1) is 52.1 Å². The molecule has 0 aromatic carbocycles. The fourth-order valence-electron chi connectivity index (χ4n) is 5.05. The van der Waals surface area contributed by atoms with Gasteiger partial charge in [-0.05, 0) is 60.1 Å². The number of aliphatic imine (C=N–C) groups is 1. The van der Waals surface area contributed by atoms with Crippen LogP contribution in [-0.4, -0.2) is 65.9 Å². The Balaban J connectivity index is 1.76. The molecule has 0 bridgehead atoms. The molecule has 2 aromatic rings. The molecule has 2 aromatic heterocycles. The minimum Gasteiger partial charge on any atom is -0.480 e. The number of aromatic nitrogens is 3. The lowest BCUT2D eigenvalue weighted by Crippen LogP contribution is -2.56. The number of carbonyl (C=O) groups excluding carboxylic acids is 2. The second-order valence-corrected chi connectivity index (χ2v) is 14.3. The molecule has 0 N–H and O–H groups in total. The highest BCUT2D eigenvalue weighted by atomic mass is 32.2. The van der Waals surface area contributed by atoms with Crippen LogP contribution in [0.2, 0.25) is 0 Å². The molecule has 0 aliphatic carbocycles. The zero-order valence-corrected chi connectivity index (χ0v) is 24.1. The lowest BCUT2D eigenvalue weighted by Gasteiger charge is -2.45. The van der Waals surface area contributed by atoms with Crippen molar-refractivity contribution < 1.29 is 27.7 Å². The van der Waals surface area contributed by atoms with E-state index in [0.29, 0.717) is 24.4 Å². The molecule has 12 heteroatoms. The average molecular weight is 560 g/mol. The van der Waals surface area contributed by atoms with Gasteiger partial charge in [0.25, 0.3) is 0 Å². The fourth-order valence-corrected chi connectivity index (χ4v) is 8.31. The third kappa shape index (κ3) is 5.30. The molecule has 0 spiro atoms. The highest BCUT2D eigenvalue weighted by Gasteiger charge is 2.58. The molecular weight excluding hydrogens is 525 g/mol. The molecule has 0 radical (unpaired) electrons. The van der Waals surface area contributed by atoms with Crippen molar-refractivity contribution in [3.63, 3.8) is 0 Å².